The van der Waals surface area contributed by atoms with Gasteiger partial charge in [0.2, 0.25) is 5.82 Å². The molecule has 1 aromatic carbocycles. The number of hydrogen-bond acceptors (Lipinski definition) is 3. The minimum atomic E-state index is -2.26. The Morgan fingerprint density at radius 3 is 2.06 bits per heavy atom. The standard InChI is InChI=1S/C27H32F5O4/c1-2-3-13-16-20(36-34)17-14-11-9-7-5-4-6-8-10-12-15-18-22(33)35-19-21-23(28)25(30)27(32)26(31)24(21)29/h4-5,8-11,14,17,20H,2-3,6-7,12-13,15-16,18-19H2,1H3/b5-4-,10-8-,11-9-,17-14+. The number of allylic oxidation sites excluding steroid dienone is 7. The largest absolute Gasteiger partial charge is 0.461 e. The second-order valence-electron chi connectivity index (χ2n) is 7.96. The molecule has 1 unspecified atom stereocenters. The smallest absolute Gasteiger partial charge is 0.306 e. The highest BCUT2D eigenvalue weighted by molar-refractivity contribution is 5.69. The topological polar surface area (TPSA) is 55.4 Å². The summed E-state index contributed by atoms with van der Waals surface area (Å²) in [5.74, 6) is -11.2. The van der Waals surface area contributed by atoms with Crippen molar-refractivity contribution in [3.63, 3.8) is 0 Å². The zero-order valence-corrected chi connectivity index (χ0v) is 20.3. The normalized spacial score (nSPS) is 13.1. The third kappa shape index (κ3) is 11.8. The Balaban J connectivity index is 2.20. The predicted octanol–water partition coefficient (Wildman–Crippen LogP) is 7.91. The van der Waals surface area contributed by atoms with Crippen LogP contribution in [0.15, 0.2) is 48.6 Å². The first kappa shape index (κ1) is 31.3. The summed E-state index contributed by atoms with van der Waals surface area (Å²) in [4.78, 5) is 15.9. The van der Waals surface area contributed by atoms with Crippen molar-refractivity contribution in [2.24, 2.45) is 0 Å². The van der Waals surface area contributed by atoms with Crippen LogP contribution in [0.4, 0.5) is 22.0 Å². The molecule has 9 heteroatoms. The number of unbranched alkanes of at least 4 members (excludes halogenated alkanes) is 3. The van der Waals surface area contributed by atoms with Crippen molar-refractivity contribution in [1.82, 2.24) is 0 Å². The van der Waals surface area contributed by atoms with Gasteiger partial charge in [-0.15, -0.1) is 0 Å². The molecule has 0 aliphatic carbocycles. The number of ether oxygens (including phenoxy) is 1. The van der Waals surface area contributed by atoms with Crippen LogP contribution in [-0.4, -0.2) is 12.1 Å². The summed E-state index contributed by atoms with van der Waals surface area (Å²) < 4.78 is 71.0. The highest BCUT2D eigenvalue weighted by Gasteiger charge is 2.26. The van der Waals surface area contributed by atoms with Crippen LogP contribution in [0, 0.1) is 29.1 Å². The van der Waals surface area contributed by atoms with Gasteiger partial charge >= 0.3 is 5.97 Å². The Hall–Kier alpha value is -2.78. The molecule has 0 fully saturated rings. The van der Waals surface area contributed by atoms with Crippen LogP contribution in [0.5, 0.6) is 0 Å². The lowest BCUT2D eigenvalue weighted by Crippen LogP contribution is -2.11. The first-order valence-corrected chi connectivity index (χ1v) is 11.9. The third-order valence-corrected chi connectivity index (χ3v) is 5.10. The fourth-order valence-electron chi connectivity index (χ4n) is 3.05. The molecule has 199 valence electrons. The molecule has 0 N–H and O–H groups in total. The number of halogens is 5. The van der Waals surface area contributed by atoms with Crippen LogP contribution in [-0.2, 0) is 26.3 Å². The minimum absolute atomic E-state index is 0.0647. The number of esters is 1. The first-order valence-electron chi connectivity index (χ1n) is 11.9. The summed E-state index contributed by atoms with van der Waals surface area (Å²) in [6.07, 6.45) is 20.8. The lowest BCUT2D eigenvalue weighted by atomic mass is 10.1. The average molecular weight is 516 g/mol. The van der Waals surface area contributed by atoms with Gasteiger partial charge in [-0.1, -0.05) is 74.8 Å². The van der Waals surface area contributed by atoms with E-state index in [1.54, 1.807) is 12.2 Å². The molecule has 0 amide bonds. The number of benzene rings is 1. The summed E-state index contributed by atoms with van der Waals surface area (Å²) in [7, 11) is 0. The molecule has 0 saturated heterocycles. The van der Waals surface area contributed by atoms with Crippen molar-refractivity contribution in [3.05, 3.63) is 83.3 Å². The Labute approximate surface area is 208 Å². The molecule has 4 nitrogen and oxygen atoms in total. The van der Waals surface area contributed by atoms with Crippen molar-refractivity contribution < 1.29 is 41.6 Å². The summed E-state index contributed by atoms with van der Waals surface area (Å²) >= 11 is 0. The fraction of sp³-hybridized carbons (Fsp3) is 0.444. The van der Waals surface area contributed by atoms with Gasteiger partial charge in [-0.05, 0) is 37.4 Å². The lowest BCUT2D eigenvalue weighted by molar-refractivity contribution is -0.325. The third-order valence-electron chi connectivity index (χ3n) is 5.10. The van der Waals surface area contributed by atoms with Crippen LogP contribution in [0.25, 0.3) is 0 Å². The van der Waals surface area contributed by atoms with E-state index >= 15 is 0 Å². The van der Waals surface area contributed by atoms with E-state index in [0.717, 1.165) is 25.7 Å². The van der Waals surface area contributed by atoms with E-state index in [-0.39, 0.29) is 6.42 Å². The molecule has 1 aromatic rings. The molecule has 1 atom stereocenters. The molecule has 0 aromatic heterocycles. The van der Waals surface area contributed by atoms with Crippen LogP contribution < -0.4 is 0 Å². The molecule has 1 radical (unpaired) electrons. The van der Waals surface area contributed by atoms with Crippen molar-refractivity contribution in [3.8, 4) is 0 Å². The van der Waals surface area contributed by atoms with Gasteiger partial charge in [-0.25, -0.2) is 22.0 Å². The van der Waals surface area contributed by atoms with Gasteiger partial charge < -0.3 is 4.74 Å². The molecule has 0 aliphatic rings. The number of carbonyl (C=O) groups is 1. The van der Waals surface area contributed by atoms with Crippen molar-refractivity contribution in [1.29, 1.82) is 0 Å². The number of carbonyl (C=O) groups excluding carboxylic acids is 1. The maximum Gasteiger partial charge on any atom is 0.306 e. The van der Waals surface area contributed by atoms with Crippen molar-refractivity contribution >= 4 is 5.97 Å². The van der Waals surface area contributed by atoms with Crippen LogP contribution in [0.1, 0.15) is 70.3 Å². The van der Waals surface area contributed by atoms with Gasteiger partial charge in [0, 0.05) is 6.42 Å². The maximum atomic E-state index is 13.6. The van der Waals surface area contributed by atoms with Crippen molar-refractivity contribution in [2.45, 2.75) is 77.4 Å². The van der Waals surface area contributed by atoms with Gasteiger partial charge in [0.25, 0.3) is 0 Å². The minimum Gasteiger partial charge on any atom is -0.461 e. The van der Waals surface area contributed by atoms with E-state index in [1.807, 2.05) is 36.5 Å². The van der Waals surface area contributed by atoms with Crippen LogP contribution in [0.3, 0.4) is 0 Å². The van der Waals surface area contributed by atoms with E-state index in [0.29, 0.717) is 25.7 Å². The molecule has 0 aliphatic heterocycles. The molecular formula is C27H32F5O4. The van der Waals surface area contributed by atoms with Gasteiger partial charge in [0.1, 0.15) is 12.7 Å². The second-order valence-corrected chi connectivity index (χ2v) is 7.96. The van der Waals surface area contributed by atoms with E-state index in [2.05, 4.69) is 16.5 Å². The lowest BCUT2D eigenvalue weighted by Gasteiger charge is -2.09. The van der Waals surface area contributed by atoms with Crippen LogP contribution >= 0.6 is 0 Å². The van der Waals surface area contributed by atoms with Gasteiger partial charge in [-0.2, -0.15) is 4.89 Å². The van der Waals surface area contributed by atoms with E-state index < -0.39 is 53.3 Å². The molecule has 0 spiro atoms. The zero-order chi connectivity index (χ0) is 26.8. The summed E-state index contributed by atoms with van der Waals surface area (Å²) in [5, 5.41) is 10.7. The summed E-state index contributed by atoms with van der Waals surface area (Å²) in [6, 6.07) is 0. The predicted molar refractivity (Wildman–Crippen MR) is 125 cm³/mol. The molecular weight excluding hydrogens is 483 g/mol. The molecule has 1 rings (SSSR count). The Morgan fingerprint density at radius 2 is 1.42 bits per heavy atom. The second kappa shape index (κ2) is 18.5. The summed E-state index contributed by atoms with van der Waals surface area (Å²) in [6.45, 7) is 1.06. The fourth-order valence-corrected chi connectivity index (χ4v) is 3.05. The Bertz CT molecular complexity index is 896. The number of rotatable bonds is 17. The average Bonchev–Trinajstić information content (AvgIpc) is 2.87. The van der Waals surface area contributed by atoms with E-state index in [4.69, 9.17) is 0 Å². The Kier molecular flexibility index (Phi) is 16.0. The molecule has 0 saturated carbocycles. The maximum absolute atomic E-state index is 13.6. The summed E-state index contributed by atoms with van der Waals surface area (Å²) in [5.41, 5.74) is -1.18. The molecule has 0 bridgehead atoms. The van der Waals surface area contributed by atoms with Gasteiger partial charge in [0.15, 0.2) is 23.3 Å². The van der Waals surface area contributed by atoms with Crippen LogP contribution in [0.2, 0.25) is 0 Å². The zero-order valence-electron chi connectivity index (χ0n) is 20.3. The number of hydrogen-bond donors (Lipinski definition) is 0. The van der Waals surface area contributed by atoms with E-state index in [1.165, 1.54) is 0 Å². The monoisotopic (exact) mass is 515 g/mol. The highest BCUT2D eigenvalue weighted by Crippen LogP contribution is 2.23. The van der Waals surface area contributed by atoms with Crippen molar-refractivity contribution in [2.75, 3.05) is 0 Å². The first-order chi connectivity index (χ1) is 17.3. The highest BCUT2D eigenvalue weighted by atomic mass is 19.2. The molecule has 0 heterocycles. The Morgan fingerprint density at radius 1 is 0.806 bits per heavy atom. The van der Waals surface area contributed by atoms with Gasteiger partial charge in [0.05, 0.1) is 5.56 Å². The quantitative estimate of drug-likeness (QED) is 0.0244. The van der Waals surface area contributed by atoms with Gasteiger partial charge in [-0.3, -0.25) is 4.79 Å². The van der Waals surface area contributed by atoms with E-state index in [9.17, 15) is 32.0 Å². The SMILES string of the molecule is CCCCCC(/C=C/C=C\C/C=C\C/C=C\CCCC(=O)OCc1c(F)c(F)c(F)c(F)c1F)O[O]. The molecule has 36 heavy (non-hydrogen) atoms.